The maximum atomic E-state index is 11.4. The van der Waals surface area contributed by atoms with E-state index in [2.05, 4.69) is 0 Å². The van der Waals surface area contributed by atoms with Crippen LogP contribution in [0.1, 0.15) is 33.6 Å². The fraction of sp³-hybridized carbons (Fsp3) is 0.909. The number of hydrogen-bond acceptors (Lipinski definition) is 3. The van der Waals surface area contributed by atoms with E-state index in [0.29, 0.717) is 12.8 Å². The molecule has 2 aliphatic rings. The van der Waals surface area contributed by atoms with Crippen molar-refractivity contribution in [3.8, 4) is 0 Å². The molecule has 0 aromatic heterocycles. The zero-order valence-corrected chi connectivity index (χ0v) is 9.32. The Morgan fingerprint density at radius 3 is 1.93 bits per heavy atom. The fourth-order valence-electron chi connectivity index (χ4n) is 3.75. The molecule has 2 rings (SSSR count). The van der Waals surface area contributed by atoms with Gasteiger partial charge < -0.3 is 15.3 Å². The number of aliphatic hydroxyl groups excluding tert-OH is 2. The molecule has 0 amide bonds. The van der Waals surface area contributed by atoms with Gasteiger partial charge in [-0.05, 0) is 18.3 Å². The molecule has 2 bridgehead atoms. The average molecular weight is 214 g/mol. The molecule has 0 saturated heterocycles. The van der Waals surface area contributed by atoms with Crippen molar-refractivity contribution >= 4 is 5.97 Å². The summed E-state index contributed by atoms with van der Waals surface area (Å²) in [6, 6.07) is 0. The van der Waals surface area contributed by atoms with Gasteiger partial charge in [-0.15, -0.1) is 0 Å². The van der Waals surface area contributed by atoms with Crippen molar-refractivity contribution < 1.29 is 20.1 Å². The highest BCUT2D eigenvalue weighted by molar-refractivity contribution is 5.79. The van der Waals surface area contributed by atoms with E-state index in [1.54, 1.807) is 0 Å². The summed E-state index contributed by atoms with van der Waals surface area (Å²) in [7, 11) is 0. The molecule has 0 aromatic carbocycles. The van der Waals surface area contributed by atoms with Crippen molar-refractivity contribution in [1.29, 1.82) is 0 Å². The van der Waals surface area contributed by atoms with Crippen molar-refractivity contribution in [2.45, 2.75) is 45.8 Å². The Bertz CT molecular complexity index is 325. The van der Waals surface area contributed by atoms with E-state index in [0.717, 1.165) is 0 Å². The average Bonchev–Trinajstić information content (AvgIpc) is 2.39. The Morgan fingerprint density at radius 1 is 1.13 bits per heavy atom. The molecule has 0 radical (unpaired) electrons. The van der Waals surface area contributed by atoms with Crippen LogP contribution in [-0.4, -0.2) is 33.5 Å². The standard InChI is InChI=1S/C11H18O4/c1-9(2)10(3)4-5-11(9,8(14)15)7(13)6(10)12/h6-7,12-13H,4-5H2,1-3H3,(H,14,15)/t6-,7-,10+,11+/m0/s1. The smallest absolute Gasteiger partial charge is 0.312 e. The normalized spacial score (nSPS) is 52.1. The lowest BCUT2D eigenvalue weighted by Crippen LogP contribution is -2.48. The lowest BCUT2D eigenvalue weighted by Gasteiger charge is -2.38. The molecule has 2 saturated carbocycles. The van der Waals surface area contributed by atoms with E-state index in [4.69, 9.17) is 0 Å². The van der Waals surface area contributed by atoms with Crippen molar-refractivity contribution in [2.75, 3.05) is 0 Å². The third kappa shape index (κ3) is 0.807. The maximum Gasteiger partial charge on any atom is 0.312 e. The first-order chi connectivity index (χ1) is 6.72. The summed E-state index contributed by atoms with van der Waals surface area (Å²) < 4.78 is 0. The molecular formula is C11H18O4. The van der Waals surface area contributed by atoms with Crippen LogP contribution in [0.15, 0.2) is 0 Å². The molecular weight excluding hydrogens is 196 g/mol. The van der Waals surface area contributed by atoms with Gasteiger partial charge in [0.15, 0.2) is 0 Å². The topological polar surface area (TPSA) is 77.8 Å². The van der Waals surface area contributed by atoms with Gasteiger partial charge in [-0.25, -0.2) is 0 Å². The Kier molecular flexibility index (Phi) is 1.85. The van der Waals surface area contributed by atoms with Crippen LogP contribution in [0.25, 0.3) is 0 Å². The van der Waals surface area contributed by atoms with Crippen LogP contribution >= 0.6 is 0 Å². The molecule has 86 valence electrons. The molecule has 0 aliphatic heterocycles. The van der Waals surface area contributed by atoms with Crippen LogP contribution in [0.4, 0.5) is 0 Å². The van der Waals surface area contributed by atoms with Gasteiger partial charge in [0.1, 0.15) is 5.41 Å². The van der Waals surface area contributed by atoms with E-state index in [1.807, 2.05) is 20.8 Å². The second-order valence-electron chi connectivity index (χ2n) is 5.71. The first-order valence-corrected chi connectivity index (χ1v) is 5.31. The van der Waals surface area contributed by atoms with E-state index >= 15 is 0 Å². The number of aliphatic carboxylic acids is 1. The van der Waals surface area contributed by atoms with Gasteiger partial charge in [-0.2, -0.15) is 0 Å². The number of fused-ring (bicyclic) bond motifs is 2. The van der Waals surface area contributed by atoms with Crippen LogP contribution in [0.5, 0.6) is 0 Å². The fourth-order valence-corrected chi connectivity index (χ4v) is 3.75. The van der Waals surface area contributed by atoms with E-state index < -0.39 is 34.4 Å². The molecule has 3 N–H and O–H groups in total. The Hall–Kier alpha value is -0.610. The number of aliphatic hydroxyl groups is 2. The summed E-state index contributed by atoms with van der Waals surface area (Å²) in [5.41, 5.74) is -2.25. The highest BCUT2D eigenvalue weighted by Gasteiger charge is 2.77. The van der Waals surface area contributed by atoms with Crippen molar-refractivity contribution in [3.63, 3.8) is 0 Å². The highest BCUT2D eigenvalue weighted by Crippen LogP contribution is 2.72. The van der Waals surface area contributed by atoms with E-state index in [-0.39, 0.29) is 0 Å². The SMILES string of the molecule is CC1(C)[C@]2(C(=O)O)CC[C@]1(C)[C@@H](O)[C@@H]2O. The number of carboxylic acids is 1. The molecule has 0 heterocycles. The van der Waals surface area contributed by atoms with Crippen LogP contribution in [0.3, 0.4) is 0 Å². The first kappa shape index (κ1) is 10.9. The summed E-state index contributed by atoms with van der Waals surface area (Å²) in [4.78, 5) is 11.4. The molecule has 4 nitrogen and oxygen atoms in total. The quantitative estimate of drug-likeness (QED) is 0.598. The molecule has 0 unspecified atom stereocenters. The van der Waals surface area contributed by atoms with Crippen LogP contribution in [0.2, 0.25) is 0 Å². The number of hydrogen-bond donors (Lipinski definition) is 3. The van der Waals surface area contributed by atoms with Gasteiger partial charge in [0.2, 0.25) is 0 Å². The molecule has 0 aromatic rings. The minimum Gasteiger partial charge on any atom is -0.481 e. The molecule has 4 atom stereocenters. The predicted molar refractivity (Wildman–Crippen MR) is 53.2 cm³/mol. The number of carbonyl (C=O) groups is 1. The van der Waals surface area contributed by atoms with Gasteiger partial charge in [-0.1, -0.05) is 20.8 Å². The van der Waals surface area contributed by atoms with Crippen LogP contribution < -0.4 is 0 Å². The van der Waals surface area contributed by atoms with Crippen LogP contribution in [0, 0.1) is 16.2 Å². The van der Waals surface area contributed by atoms with Crippen LogP contribution in [-0.2, 0) is 4.79 Å². The lowest BCUT2D eigenvalue weighted by molar-refractivity contribution is -0.164. The Morgan fingerprint density at radius 2 is 1.67 bits per heavy atom. The minimum absolute atomic E-state index is 0.448. The maximum absolute atomic E-state index is 11.4. The third-order valence-electron chi connectivity index (χ3n) is 5.42. The molecule has 4 heteroatoms. The monoisotopic (exact) mass is 214 g/mol. The second kappa shape index (κ2) is 2.55. The van der Waals surface area contributed by atoms with Crippen molar-refractivity contribution in [3.05, 3.63) is 0 Å². The molecule has 2 aliphatic carbocycles. The summed E-state index contributed by atoms with van der Waals surface area (Å²) >= 11 is 0. The third-order valence-corrected chi connectivity index (χ3v) is 5.42. The lowest BCUT2D eigenvalue weighted by atomic mass is 9.64. The molecule has 2 fully saturated rings. The van der Waals surface area contributed by atoms with Gasteiger partial charge >= 0.3 is 5.97 Å². The zero-order chi connectivity index (χ0) is 11.6. The highest BCUT2D eigenvalue weighted by atomic mass is 16.4. The summed E-state index contributed by atoms with van der Waals surface area (Å²) in [6.07, 6.45) is -0.977. The van der Waals surface area contributed by atoms with Gasteiger partial charge in [-0.3, -0.25) is 4.79 Å². The Labute approximate surface area is 88.9 Å². The van der Waals surface area contributed by atoms with Gasteiger partial charge in [0.25, 0.3) is 0 Å². The molecule has 0 spiro atoms. The van der Waals surface area contributed by atoms with Gasteiger partial charge in [0.05, 0.1) is 12.2 Å². The largest absolute Gasteiger partial charge is 0.481 e. The number of carboxylic acid groups (broad SMARTS) is 1. The van der Waals surface area contributed by atoms with E-state index in [1.165, 1.54) is 0 Å². The Balaban J connectivity index is 2.62. The zero-order valence-electron chi connectivity index (χ0n) is 9.32. The van der Waals surface area contributed by atoms with Gasteiger partial charge in [0, 0.05) is 5.41 Å². The summed E-state index contributed by atoms with van der Waals surface area (Å²) in [5, 5.41) is 29.3. The van der Waals surface area contributed by atoms with E-state index in [9.17, 15) is 20.1 Å². The van der Waals surface area contributed by atoms with Crippen molar-refractivity contribution in [2.24, 2.45) is 16.2 Å². The molecule has 15 heavy (non-hydrogen) atoms. The minimum atomic E-state index is -1.18. The summed E-state index contributed by atoms with van der Waals surface area (Å²) in [6.45, 7) is 5.56. The van der Waals surface area contributed by atoms with Crippen molar-refractivity contribution in [1.82, 2.24) is 0 Å². The predicted octanol–water partition coefficient (Wildman–Crippen LogP) is 0.619. The number of rotatable bonds is 1. The first-order valence-electron chi connectivity index (χ1n) is 5.31. The second-order valence-corrected chi connectivity index (χ2v) is 5.71. The summed E-state index contributed by atoms with van der Waals surface area (Å²) in [5.74, 6) is -0.986.